The number of aromatic nitrogens is 1. The van der Waals surface area contributed by atoms with Crippen LogP contribution >= 0.6 is 0 Å². The Labute approximate surface area is 111 Å². The molecule has 102 valence electrons. The molecule has 2 fully saturated rings. The Hall–Kier alpha value is -1.66. The van der Waals surface area contributed by atoms with Gasteiger partial charge in [0.15, 0.2) is 5.69 Å². The van der Waals surface area contributed by atoms with Crippen LogP contribution in [0.2, 0.25) is 0 Å². The van der Waals surface area contributed by atoms with Gasteiger partial charge in [0.2, 0.25) is 0 Å². The largest absolute Gasteiger partial charge is 0.477 e. The first kappa shape index (κ1) is 12.4. The average Bonchev–Trinajstić information content (AvgIpc) is 2.87. The molecule has 3 rings (SSSR count). The Morgan fingerprint density at radius 1 is 1.42 bits per heavy atom. The van der Waals surface area contributed by atoms with Crippen LogP contribution in [0.4, 0.5) is 5.82 Å². The number of aromatic carboxylic acids is 1. The van der Waals surface area contributed by atoms with Crippen LogP contribution in [0.3, 0.4) is 0 Å². The molecule has 1 atom stereocenters. The summed E-state index contributed by atoms with van der Waals surface area (Å²) in [7, 11) is 0. The van der Waals surface area contributed by atoms with Gasteiger partial charge in [0.1, 0.15) is 11.4 Å². The number of carbonyl (C=O) groups is 1. The van der Waals surface area contributed by atoms with Gasteiger partial charge in [-0.15, -0.1) is 0 Å². The first-order chi connectivity index (χ1) is 9.19. The Balaban J connectivity index is 1.81. The SMILES string of the molecule is O=C(O)c1cccc(N2CCOC3(CCOC3)C2)n1. The van der Waals surface area contributed by atoms with E-state index in [0.29, 0.717) is 25.6 Å². The second-order valence-corrected chi connectivity index (χ2v) is 4.94. The van der Waals surface area contributed by atoms with Gasteiger partial charge in [0, 0.05) is 19.6 Å². The summed E-state index contributed by atoms with van der Waals surface area (Å²) in [6.45, 7) is 3.35. The molecule has 1 aromatic rings. The summed E-state index contributed by atoms with van der Waals surface area (Å²) in [6, 6.07) is 5.06. The molecule has 19 heavy (non-hydrogen) atoms. The van der Waals surface area contributed by atoms with Crippen molar-refractivity contribution in [3.05, 3.63) is 23.9 Å². The summed E-state index contributed by atoms with van der Waals surface area (Å²) in [4.78, 5) is 17.2. The van der Waals surface area contributed by atoms with Crippen LogP contribution in [-0.4, -0.2) is 54.6 Å². The summed E-state index contributed by atoms with van der Waals surface area (Å²) < 4.78 is 11.3. The first-order valence-electron chi connectivity index (χ1n) is 6.36. The third-order valence-electron chi connectivity index (χ3n) is 3.59. The molecular formula is C13H16N2O4. The number of ether oxygens (including phenoxy) is 2. The molecule has 1 N–H and O–H groups in total. The first-order valence-corrected chi connectivity index (χ1v) is 6.36. The van der Waals surface area contributed by atoms with Crippen LogP contribution < -0.4 is 4.90 Å². The minimum absolute atomic E-state index is 0.0701. The zero-order valence-electron chi connectivity index (χ0n) is 10.5. The lowest BCUT2D eigenvalue weighted by Crippen LogP contribution is -2.52. The number of hydrogen-bond donors (Lipinski definition) is 1. The van der Waals surface area contributed by atoms with Gasteiger partial charge in [-0.05, 0) is 12.1 Å². The van der Waals surface area contributed by atoms with E-state index >= 15 is 0 Å². The minimum Gasteiger partial charge on any atom is -0.477 e. The van der Waals surface area contributed by atoms with Crippen molar-refractivity contribution in [3.8, 4) is 0 Å². The normalized spacial score (nSPS) is 26.8. The van der Waals surface area contributed by atoms with Crippen molar-refractivity contribution < 1.29 is 19.4 Å². The molecule has 6 nitrogen and oxygen atoms in total. The fourth-order valence-electron chi connectivity index (χ4n) is 2.59. The maximum absolute atomic E-state index is 11.0. The van der Waals surface area contributed by atoms with Crippen molar-refractivity contribution in [1.29, 1.82) is 0 Å². The highest BCUT2D eigenvalue weighted by atomic mass is 16.6. The van der Waals surface area contributed by atoms with E-state index in [4.69, 9.17) is 14.6 Å². The number of pyridine rings is 1. The Morgan fingerprint density at radius 3 is 3.05 bits per heavy atom. The molecule has 0 radical (unpaired) electrons. The van der Waals surface area contributed by atoms with Crippen molar-refractivity contribution in [2.24, 2.45) is 0 Å². The molecule has 2 aliphatic heterocycles. The fourth-order valence-corrected chi connectivity index (χ4v) is 2.59. The number of rotatable bonds is 2. The van der Waals surface area contributed by atoms with Gasteiger partial charge in [-0.2, -0.15) is 0 Å². The van der Waals surface area contributed by atoms with Crippen molar-refractivity contribution in [1.82, 2.24) is 4.98 Å². The third kappa shape index (κ3) is 2.41. The molecule has 2 aliphatic rings. The Kier molecular flexibility index (Phi) is 3.12. The monoisotopic (exact) mass is 264 g/mol. The van der Waals surface area contributed by atoms with Gasteiger partial charge < -0.3 is 19.5 Å². The topological polar surface area (TPSA) is 71.9 Å². The van der Waals surface area contributed by atoms with Crippen LogP contribution in [0.15, 0.2) is 18.2 Å². The second kappa shape index (κ2) is 4.79. The van der Waals surface area contributed by atoms with Gasteiger partial charge in [0.25, 0.3) is 0 Å². The molecular weight excluding hydrogens is 248 g/mol. The summed E-state index contributed by atoms with van der Waals surface area (Å²) in [5, 5.41) is 8.99. The van der Waals surface area contributed by atoms with Gasteiger partial charge >= 0.3 is 5.97 Å². The number of hydrogen-bond acceptors (Lipinski definition) is 5. The zero-order chi connectivity index (χ0) is 13.3. The predicted octanol–water partition coefficient (Wildman–Crippen LogP) is 0.775. The molecule has 0 amide bonds. The van der Waals surface area contributed by atoms with Crippen LogP contribution in [0.1, 0.15) is 16.9 Å². The van der Waals surface area contributed by atoms with Gasteiger partial charge in [-0.25, -0.2) is 9.78 Å². The van der Waals surface area contributed by atoms with E-state index in [1.54, 1.807) is 6.07 Å². The molecule has 3 heterocycles. The number of nitrogens with zero attached hydrogens (tertiary/aromatic N) is 2. The quantitative estimate of drug-likeness (QED) is 0.851. The van der Waals surface area contributed by atoms with Crippen molar-refractivity contribution >= 4 is 11.8 Å². The van der Waals surface area contributed by atoms with E-state index in [1.807, 2.05) is 6.07 Å². The van der Waals surface area contributed by atoms with Crippen molar-refractivity contribution in [2.75, 3.05) is 37.8 Å². The van der Waals surface area contributed by atoms with Crippen LogP contribution in [0, 0.1) is 0 Å². The van der Waals surface area contributed by atoms with Gasteiger partial charge in [-0.3, -0.25) is 0 Å². The highest BCUT2D eigenvalue weighted by molar-refractivity contribution is 5.85. The number of morpholine rings is 1. The van der Waals surface area contributed by atoms with E-state index in [-0.39, 0.29) is 11.3 Å². The van der Waals surface area contributed by atoms with Gasteiger partial charge in [0.05, 0.1) is 19.8 Å². The van der Waals surface area contributed by atoms with Gasteiger partial charge in [-0.1, -0.05) is 6.07 Å². The lowest BCUT2D eigenvalue weighted by molar-refractivity contribution is -0.0581. The predicted molar refractivity (Wildman–Crippen MR) is 67.5 cm³/mol. The average molecular weight is 264 g/mol. The highest BCUT2D eigenvalue weighted by Crippen LogP contribution is 2.29. The van der Waals surface area contributed by atoms with Crippen molar-refractivity contribution in [3.63, 3.8) is 0 Å². The molecule has 2 saturated heterocycles. The van der Waals surface area contributed by atoms with Crippen LogP contribution in [0.5, 0.6) is 0 Å². The molecule has 1 spiro atoms. The van der Waals surface area contributed by atoms with E-state index < -0.39 is 5.97 Å². The van der Waals surface area contributed by atoms with E-state index in [0.717, 1.165) is 19.6 Å². The standard InChI is InChI=1S/C13H16N2O4/c16-12(17)10-2-1-3-11(14-10)15-5-7-19-13(8-15)4-6-18-9-13/h1-3H,4-9H2,(H,16,17). The lowest BCUT2D eigenvalue weighted by atomic mass is 10.0. The number of carboxylic acid groups (broad SMARTS) is 1. The van der Waals surface area contributed by atoms with Crippen LogP contribution in [-0.2, 0) is 9.47 Å². The summed E-state index contributed by atoms with van der Waals surface area (Å²) in [6.07, 6.45) is 0.877. The summed E-state index contributed by atoms with van der Waals surface area (Å²) in [5.41, 5.74) is -0.181. The third-order valence-corrected chi connectivity index (χ3v) is 3.59. The minimum atomic E-state index is -1.01. The molecule has 1 unspecified atom stereocenters. The molecule has 0 aromatic carbocycles. The molecule has 0 bridgehead atoms. The lowest BCUT2D eigenvalue weighted by Gasteiger charge is -2.40. The number of anilines is 1. The maximum Gasteiger partial charge on any atom is 0.354 e. The summed E-state index contributed by atoms with van der Waals surface area (Å²) >= 11 is 0. The van der Waals surface area contributed by atoms with E-state index in [9.17, 15) is 4.79 Å². The fraction of sp³-hybridized carbons (Fsp3) is 0.538. The van der Waals surface area contributed by atoms with Crippen LogP contribution in [0.25, 0.3) is 0 Å². The van der Waals surface area contributed by atoms with Crippen molar-refractivity contribution in [2.45, 2.75) is 12.0 Å². The molecule has 0 saturated carbocycles. The molecule has 1 aromatic heterocycles. The zero-order valence-corrected chi connectivity index (χ0v) is 10.5. The summed E-state index contributed by atoms with van der Waals surface area (Å²) in [5.74, 6) is -0.316. The smallest absolute Gasteiger partial charge is 0.354 e. The molecule has 6 heteroatoms. The maximum atomic E-state index is 11.0. The Morgan fingerprint density at radius 2 is 2.32 bits per heavy atom. The number of carboxylic acids is 1. The van der Waals surface area contributed by atoms with E-state index in [2.05, 4.69) is 9.88 Å². The Bertz CT molecular complexity index is 485. The highest BCUT2D eigenvalue weighted by Gasteiger charge is 2.40. The second-order valence-electron chi connectivity index (χ2n) is 4.94. The van der Waals surface area contributed by atoms with E-state index in [1.165, 1.54) is 6.07 Å². The molecule has 0 aliphatic carbocycles.